The second-order valence-electron chi connectivity index (χ2n) is 8.93. The number of hydrogen-bond acceptors (Lipinski definition) is 5. The van der Waals surface area contributed by atoms with Gasteiger partial charge in [-0.3, -0.25) is 14.8 Å². The van der Waals surface area contributed by atoms with Gasteiger partial charge in [0.25, 0.3) is 5.91 Å². The first-order valence-electron chi connectivity index (χ1n) is 10.8. The highest BCUT2D eigenvalue weighted by Gasteiger charge is 2.48. The van der Waals surface area contributed by atoms with E-state index in [1.807, 2.05) is 38.1 Å². The van der Waals surface area contributed by atoms with Crippen molar-refractivity contribution in [2.75, 3.05) is 13.1 Å². The molecule has 32 heavy (non-hydrogen) atoms. The zero-order valence-electron chi connectivity index (χ0n) is 18.1. The number of benzene rings is 1. The van der Waals surface area contributed by atoms with Gasteiger partial charge >= 0.3 is 0 Å². The van der Waals surface area contributed by atoms with E-state index in [2.05, 4.69) is 20.6 Å². The van der Waals surface area contributed by atoms with Gasteiger partial charge in [-0.05, 0) is 55.9 Å². The monoisotopic (exact) mass is 448 g/mol. The molecule has 0 atom stereocenters. The van der Waals surface area contributed by atoms with Crippen molar-refractivity contribution in [3.05, 3.63) is 70.6 Å². The van der Waals surface area contributed by atoms with E-state index < -0.39 is 0 Å². The summed E-state index contributed by atoms with van der Waals surface area (Å²) in [6.07, 6.45) is 5.48. The quantitative estimate of drug-likeness (QED) is 0.592. The molecule has 0 unspecified atom stereocenters. The highest BCUT2D eigenvalue weighted by molar-refractivity contribution is 6.31. The van der Waals surface area contributed by atoms with Gasteiger partial charge in [-0.2, -0.15) is 0 Å². The first-order valence-corrected chi connectivity index (χ1v) is 11.2. The van der Waals surface area contributed by atoms with Crippen LogP contribution in [0, 0.1) is 19.3 Å². The van der Waals surface area contributed by atoms with Crippen LogP contribution in [-0.2, 0) is 0 Å². The number of carbonyl (C=O) groups is 1. The van der Waals surface area contributed by atoms with Crippen molar-refractivity contribution in [3.8, 4) is 22.8 Å². The maximum absolute atomic E-state index is 12.8. The normalized spacial score (nSPS) is 16.8. The fourth-order valence-corrected chi connectivity index (χ4v) is 4.67. The molecule has 1 amide bonds. The molecule has 2 N–H and O–H groups in total. The summed E-state index contributed by atoms with van der Waals surface area (Å²) >= 11 is 6.14. The molecule has 1 spiro atoms. The van der Waals surface area contributed by atoms with Gasteiger partial charge < -0.3 is 15.4 Å². The second-order valence-corrected chi connectivity index (χ2v) is 9.34. The van der Waals surface area contributed by atoms with E-state index in [0.29, 0.717) is 27.5 Å². The number of carbonyl (C=O) groups excluding carboxylic acids is 1. The Morgan fingerprint density at radius 2 is 1.94 bits per heavy atom. The lowest BCUT2D eigenvalue weighted by atomic mass is 9.61. The third-order valence-corrected chi connectivity index (χ3v) is 6.81. The second kappa shape index (κ2) is 8.19. The van der Waals surface area contributed by atoms with Crippen molar-refractivity contribution in [2.45, 2.75) is 32.7 Å². The lowest BCUT2D eigenvalue weighted by molar-refractivity contribution is 0.0232. The summed E-state index contributed by atoms with van der Waals surface area (Å²) < 4.78 is 5.91. The third kappa shape index (κ3) is 4.08. The molecule has 5 rings (SSSR count). The molecule has 1 aromatic carbocycles. The molecule has 3 aromatic rings. The van der Waals surface area contributed by atoms with Crippen molar-refractivity contribution in [1.29, 1.82) is 0 Å². The minimum absolute atomic E-state index is 0.00465. The number of ether oxygens (including phenoxy) is 1. The number of hydrogen-bond donors (Lipinski definition) is 2. The summed E-state index contributed by atoms with van der Waals surface area (Å²) in [6, 6.07) is 11.5. The molecule has 164 valence electrons. The summed E-state index contributed by atoms with van der Waals surface area (Å²) in [4.78, 5) is 21.5. The maximum atomic E-state index is 12.8. The van der Waals surface area contributed by atoms with Crippen LogP contribution in [0.1, 0.15) is 34.5 Å². The van der Waals surface area contributed by atoms with Crippen LogP contribution in [0.15, 0.2) is 48.8 Å². The molecular formula is C25H25ClN4O2. The van der Waals surface area contributed by atoms with Crippen LogP contribution in [0.2, 0.25) is 5.02 Å². The van der Waals surface area contributed by atoms with Crippen LogP contribution in [0.4, 0.5) is 0 Å². The van der Waals surface area contributed by atoms with Crippen molar-refractivity contribution >= 4 is 17.5 Å². The van der Waals surface area contributed by atoms with Crippen LogP contribution >= 0.6 is 11.6 Å². The van der Waals surface area contributed by atoms with Crippen LogP contribution in [0.5, 0.6) is 11.5 Å². The van der Waals surface area contributed by atoms with Gasteiger partial charge in [0.2, 0.25) is 0 Å². The Balaban J connectivity index is 1.28. The summed E-state index contributed by atoms with van der Waals surface area (Å²) in [7, 11) is 0. The molecule has 2 aromatic heterocycles. The van der Waals surface area contributed by atoms with Crippen LogP contribution in [0.3, 0.4) is 0 Å². The fourth-order valence-electron chi connectivity index (χ4n) is 4.51. The van der Waals surface area contributed by atoms with Gasteiger partial charge in [-0.1, -0.05) is 17.7 Å². The highest BCUT2D eigenvalue weighted by atomic mass is 35.5. The van der Waals surface area contributed by atoms with Gasteiger partial charge in [0.1, 0.15) is 11.5 Å². The number of halogens is 1. The lowest BCUT2D eigenvalue weighted by Crippen LogP contribution is -2.65. The lowest BCUT2D eigenvalue weighted by Gasteiger charge is -2.54. The largest absolute Gasteiger partial charge is 0.456 e. The zero-order chi connectivity index (χ0) is 22.3. The maximum Gasteiger partial charge on any atom is 0.251 e. The third-order valence-electron chi connectivity index (χ3n) is 6.43. The number of rotatable bonds is 5. The molecule has 2 aliphatic rings. The minimum atomic E-state index is -0.00465. The number of nitrogens with zero attached hydrogens (tertiary/aromatic N) is 2. The van der Waals surface area contributed by atoms with E-state index in [1.165, 1.54) is 0 Å². The van der Waals surface area contributed by atoms with E-state index in [0.717, 1.165) is 48.4 Å². The van der Waals surface area contributed by atoms with Gasteiger partial charge in [0.05, 0.1) is 22.6 Å². The zero-order valence-corrected chi connectivity index (χ0v) is 18.9. The molecule has 1 saturated heterocycles. The predicted octanol–water partition coefficient (Wildman–Crippen LogP) is 4.69. The molecule has 1 aliphatic carbocycles. The predicted molar refractivity (Wildman–Crippen MR) is 124 cm³/mol. The molecule has 6 nitrogen and oxygen atoms in total. The Bertz CT molecular complexity index is 1180. The molecule has 2 fully saturated rings. The van der Waals surface area contributed by atoms with E-state index >= 15 is 0 Å². The first kappa shape index (κ1) is 20.9. The standard InChI is InChI=1S/C25H25ClN4O2/c1-15-7-17(3-4-21(15)24(31)30-18-10-25(11-18)13-27-14-25)23-9-19(5-6-28-23)32-20-8-22(26)16(2)29-12-20/h3-9,12,18,27H,10-11,13-14H2,1-2H3,(H,30,31). The van der Waals surface area contributed by atoms with Crippen LogP contribution in [-0.4, -0.2) is 35.0 Å². The number of aromatic nitrogens is 2. The Labute approximate surface area is 192 Å². The SMILES string of the molecule is Cc1cc(-c2cc(Oc3cnc(C)c(Cl)c3)ccn2)ccc1C(=O)NC1CC2(CNC2)C1. The first-order chi connectivity index (χ1) is 15.4. The minimum Gasteiger partial charge on any atom is -0.456 e. The van der Waals surface area contributed by atoms with E-state index in [-0.39, 0.29) is 11.9 Å². The Morgan fingerprint density at radius 3 is 2.62 bits per heavy atom. The summed E-state index contributed by atoms with van der Waals surface area (Å²) in [5.41, 5.74) is 4.51. The van der Waals surface area contributed by atoms with Crippen molar-refractivity contribution in [3.63, 3.8) is 0 Å². The Kier molecular flexibility index (Phi) is 5.35. The molecule has 7 heteroatoms. The van der Waals surface area contributed by atoms with Gasteiger partial charge in [0, 0.05) is 48.6 Å². The summed E-state index contributed by atoms with van der Waals surface area (Å²) in [5, 5.41) is 7.07. The molecule has 3 heterocycles. The summed E-state index contributed by atoms with van der Waals surface area (Å²) in [6.45, 7) is 5.96. The average molecular weight is 449 g/mol. The summed E-state index contributed by atoms with van der Waals surface area (Å²) in [5.74, 6) is 1.20. The highest BCUT2D eigenvalue weighted by Crippen LogP contribution is 2.44. The number of amides is 1. The van der Waals surface area contributed by atoms with Crippen molar-refractivity contribution < 1.29 is 9.53 Å². The average Bonchev–Trinajstić information content (AvgIpc) is 2.71. The molecule has 0 radical (unpaired) electrons. The molecule has 0 bridgehead atoms. The van der Waals surface area contributed by atoms with E-state index in [4.69, 9.17) is 16.3 Å². The van der Waals surface area contributed by atoms with E-state index in [1.54, 1.807) is 24.5 Å². The number of pyridine rings is 2. The van der Waals surface area contributed by atoms with Crippen molar-refractivity contribution in [2.24, 2.45) is 5.41 Å². The van der Waals surface area contributed by atoms with Crippen molar-refractivity contribution in [1.82, 2.24) is 20.6 Å². The smallest absolute Gasteiger partial charge is 0.251 e. The fraction of sp³-hybridized carbons (Fsp3) is 0.320. The molecular weight excluding hydrogens is 424 g/mol. The molecule has 1 saturated carbocycles. The van der Waals surface area contributed by atoms with E-state index in [9.17, 15) is 4.79 Å². The van der Waals surface area contributed by atoms with Crippen LogP contribution < -0.4 is 15.4 Å². The Morgan fingerprint density at radius 1 is 1.12 bits per heavy atom. The molecule has 1 aliphatic heterocycles. The Hall–Kier alpha value is -2.96. The number of nitrogens with one attached hydrogen (secondary N) is 2. The van der Waals surface area contributed by atoms with Crippen LogP contribution in [0.25, 0.3) is 11.3 Å². The number of aryl methyl sites for hydroxylation is 2. The topological polar surface area (TPSA) is 76.1 Å². The van der Waals surface area contributed by atoms with Gasteiger partial charge in [0.15, 0.2) is 0 Å². The van der Waals surface area contributed by atoms with Gasteiger partial charge in [-0.15, -0.1) is 0 Å². The van der Waals surface area contributed by atoms with Gasteiger partial charge in [-0.25, -0.2) is 0 Å².